The molecule has 0 saturated carbocycles. The second-order valence-electron chi connectivity index (χ2n) is 6.36. The number of H-pyrrole nitrogens is 1. The second-order valence-corrected chi connectivity index (χ2v) is 7.19. The van der Waals surface area contributed by atoms with Gasteiger partial charge in [0.25, 0.3) is 0 Å². The van der Waals surface area contributed by atoms with Crippen LogP contribution in [0.25, 0.3) is 22.2 Å². The molecule has 4 nitrogen and oxygen atoms in total. The van der Waals surface area contributed by atoms with Crippen molar-refractivity contribution in [3.8, 4) is 11.3 Å². The molecule has 3 heterocycles. The molecule has 2 aromatic heterocycles. The number of nitrogens with one attached hydrogen (secondary N) is 2. The number of hydrogen-bond donors (Lipinski definition) is 2. The maximum Gasteiger partial charge on any atom is 0.186 e. The first-order chi connectivity index (χ1) is 11.3. The standard InChI is InChI=1S/C18H22N4S/c1-3-13-5-4-6-14-15(11-19-17(13)14)16-12-23-18(20-16)22-9-7-21(2)8-10-22/h4-6,11-12,19H,3,7-10H2,1-2H3/p+1. The zero-order valence-corrected chi connectivity index (χ0v) is 14.5. The SMILES string of the molecule is CCc1cccc2c(-c3csc(N4CC[NH+](C)CC4)n3)c[nH]c12. The van der Waals surface area contributed by atoms with Gasteiger partial charge < -0.3 is 14.8 Å². The van der Waals surface area contributed by atoms with E-state index in [0.717, 1.165) is 30.3 Å². The van der Waals surface area contributed by atoms with Crippen molar-refractivity contribution >= 4 is 27.4 Å². The molecule has 120 valence electrons. The van der Waals surface area contributed by atoms with Crippen LogP contribution in [0.2, 0.25) is 0 Å². The molecule has 0 spiro atoms. The molecule has 3 aromatic rings. The van der Waals surface area contributed by atoms with Gasteiger partial charge >= 0.3 is 0 Å². The van der Waals surface area contributed by atoms with Gasteiger partial charge in [0.2, 0.25) is 0 Å². The van der Waals surface area contributed by atoms with Crippen molar-refractivity contribution in [1.82, 2.24) is 9.97 Å². The summed E-state index contributed by atoms with van der Waals surface area (Å²) >= 11 is 1.77. The molecule has 23 heavy (non-hydrogen) atoms. The van der Waals surface area contributed by atoms with Crippen LogP contribution in [-0.4, -0.2) is 43.2 Å². The Morgan fingerprint density at radius 2 is 2.13 bits per heavy atom. The first kappa shape index (κ1) is 14.7. The third-order valence-corrected chi connectivity index (χ3v) is 5.74. The minimum Gasteiger partial charge on any atom is -0.360 e. The number of likely N-dealkylation sites (N-methyl/N-ethyl adjacent to an activating group) is 1. The Labute approximate surface area is 140 Å². The predicted molar refractivity (Wildman–Crippen MR) is 97.6 cm³/mol. The number of hydrogen-bond acceptors (Lipinski definition) is 3. The number of piperazine rings is 1. The zero-order valence-electron chi connectivity index (χ0n) is 13.7. The topological polar surface area (TPSA) is 36.4 Å². The minimum absolute atomic E-state index is 1.04. The van der Waals surface area contributed by atoms with E-state index >= 15 is 0 Å². The second kappa shape index (κ2) is 5.98. The maximum absolute atomic E-state index is 4.92. The van der Waals surface area contributed by atoms with Crippen LogP contribution in [0.4, 0.5) is 5.13 Å². The minimum atomic E-state index is 1.04. The Hall–Kier alpha value is -1.85. The highest BCUT2D eigenvalue weighted by Crippen LogP contribution is 2.33. The van der Waals surface area contributed by atoms with E-state index in [1.165, 1.54) is 35.1 Å². The molecule has 0 unspecified atom stereocenters. The lowest BCUT2D eigenvalue weighted by Gasteiger charge is -2.29. The first-order valence-corrected chi connectivity index (χ1v) is 9.25. The lowest BCUT2D eigenvalue weighted by Crippen LogP contribution is -3.12. The van der Waals surface area contributed by atoms with E-state index in [4.69, 9.17) is 4.98 Å². The Kier molecular flexibility index (Phi) is 3.83. The van der Waals surface area contributed by atoms with E-state index in [2.05, 4.69) is 53.6 Å². The molecule has 1 aromatic carbocycles. The molecule has 1 aliphatic rings. The van der Waals surface area contributed by atoms with Crippen LogP contribution in [0, 0.1) is 0 Å². The van der Waals surface area contributed by atoms with Gasteiger partial charge in [0, 0.05) is 28.0 Å². The van der Waals surface area contributed by atoms with Gasteiger partial charge in [-0.3, -0.25) is 0 Å². The highest BCUT2D eigenvalue weighted by Gasteiger charge is 2.20. The third kappa shape index (κ3) is 2.64. The molecule has 1 saturated heterocycles. The summed E-state index contributed by atoms with van der Waals surface area (Å²) in [4.78, 5) is 12.4. The van der Waals surface area contributed by atoms with Crippen LogP contribution in [0.15, 0.2) is 29.8 Å². The van der Waals surface area contributed by atoms with Gasteiger partial charge in [-0.25, -0.2) is 4.98 Å². The van der Waals surface area contributed by atoms with E-state index in [1.54, 1.807) is 16.2 Å². The lowest BCUT2D eigenvalue weighted by molar-refractivity contribution is -0.880. The summed E-state index contributed by atoms with van der Waals surface area (Å²) in [6.07, 6.45) is 3.15. The van der Waals surface area contributed by atoms with Crippen LogP contribution in [0.3, 0.4) is 0 Å². The number of fused-ring (bicyclic) bond motifs is 1. The number of aromatic amines is 1. The van der Waals surface area contributed by atoms with E-state index in [0.29, 0.717) is 0 Å². The molecule has 5 heteroatoms. The highest BCUT2D eigenvalue weighted by atomic mass is 32.1. The number of thiazole rings is 1. The smallest absolute Gasteiger partial charge is 0.186 e. The van der Waals surface area contributed by atoms with Crippen molar-refractivity contribution in [3.63, 3.8) is 0 Å². The van der Waals surface area contributed by atoms with Crippen LogP contribution in [-0.2, 0) is 6.42 Å². The van der Waals surface area contributed by atoms with E-state index < -0.39 is 0 Å². The molecule has 0 amide bonds. The number of aromatic nitrogens is 2. The molecule has 0 radical (unpaired) electrons. The molecule has 0 bridgehead atoms. The third-order valence-electron chi connectivity index (χ3n) is 4.84. The summed E-state index contributed by atoms with van der Waals surface area (Å²) in [7, 11) is 2.27. The van der Waals surface area contributed by atoms with Crippen molar-refractivity contribution in [3.05, 3.63) is 35.3 Å². The molecule has 0 aliphatic carbocycles. The highest BCUT2D eigenvalue weighted by molar-refractivity contribution is 7.14. The van der Waals surface area contributed by atoms with E-state index in [9.17, 15) is 0 Å². The fourth-order valence-electron chi connectivity index (χ4n) is 3.34. The van der Waals surface area contributed by atoms with Crippen LogP contribution in [0.1, 0.15) is 12.5 Å². The fourth-order valence-corrected chi connectivity index (χ4v) is 4.22. The summed E-state index contributed by atoms with van der Waals surface area (Å²) in [5, 5.41) is 4.64. The van der Waals surface area contributed by atoms with E-state index in [-0.39, 0.29) is 0 Å². The van der Waals surface area contributed by atoms with Gasteiger partial charge in [0.05, 0.1) is 38.9 Å². The summed E-state index contributed by atoms with van der Waals surface area (Å²) < 4.78 is 0. The van der Waals surface area contributed by atoms with Gasteiger partial charge in [0.15, 0.2) is 5.13 Å². The van der Waals surface area contributed by atoms with Crippen LogP contribution >= 0.6 is 11.3 Å². The molecule has 1 fully saturated rings. The number of nitrogens with zero attached hydrogens (tertiary/aromatic N) is 2. The largest absolute Gasteiger partial charge is 0.360 e. The average Bonchev–Trinajstić information content (AvgIpc) is 3.21. The normalized spacial score (nSPS) is 16.3. The average molecular weight is 327 g/mol. The van der Waals surface area contributed by atoms with Crippen molar-refractivity contribution in [2.45, 2.75) is 13.3 Å². The van der Waals surface area contributed by atoms with Gasteiger partial charge in [-0.05, 0) is 12.0 Å². The summed E-state index contributed by atoms with van der Waals surface area (Å²) in [5.41, 5.74) is 4.93. The lowest BCUT2D eigenvalue weighted by atomic mass is 10.1. The number of anilines is 1. The van der Waals surface area contributed by atoms with E-state index in [1.807, 2.05) is 0 Å². The fraction of sp³-hybridized carbons (Fsp3) is 0.389. The Morgan fingerprint density at radius 1 is 1.30 bits per heavy atom. The van der Waals surface area contributed by atoms with Crippen molar-refractivity contribution in [1.29, 1.82) is 0 Å². The number of benzene rings is 1. The van der Waals surface area contributed by atoms with Crippen LogP contribution in [0.5, 0.6) is 0 Å². The van der Waals surface area contributed by atoms with Gasteiger partial charge in [-0.15, -0.1) is 11.3 Å². The van der Waals surface area contributed by atoms with Crippen LogP contribution < -0.4 is 9.80 Å². The van der Waals surface area contributed by atoms with Gasteiger partial charge in [0.1, 0.15) is 0 Å². The quantitative estimate of drug-likeness (QED) is 0.774. The number of para-hydroxylation sites is 1. The number of aryl methyl sites for hydroxylation is 1. The monoisotopic (exact) mass is 327 g/mol. The van der Waals surface area contributed by atoms with Crippen molar-refractivity contribution in [2.24, 2.45) is 0 Å². The molecule has 4 rings (SSSR count). The predicted octanol–water partition coefficient (Wildman–Crippen LogP) is 2.19. The zero-order chi connectivity index (χ0) is 15.8. The maximum atomic E-state index is 4.92. The molecule has 0 atom stereocenters. The summed E-state index contributed by atoms with van der Waals surface area (Å²) in [6.45, 7) is 6.80. The molecular formula is C18H23N4S+. The first-order valence-electron chi connectivity index (χ1n) is 8.37. The summed E-state index contributed by atoms with van der Waals surface area (Å²) in [5.74, 6) is 0. The summed E-state index contributed by atoms with van der Waals surface area (Å²) in [6, 6.07) is 6.54. The molecule has 2 N–H and O–H groups in total. The van der Waals surface area contributed by atoms with Crippen molar-refractivity contribution < 1.29 is 4.90 Å². The van der Waals surface area contributed by atoms with Gasteiger partial charge in [-0.1, -0.05) is 25.1 Å². The molecular weight excluding hydrogens is 304 g/mol. The molecule has 1 aliphatic heterocycles. The van der Waals surface area contributed by atoms with Crippen molar-refractivity contribution in [2.75, 3.05) is 38.1 Å². The van der Waals surface area contributed by atoms with Gasteiger partial charge in [-0.2, -0.15) is 0 Å². The number of quaternary nitrogens is 1. The Balaban J connectivity index is 1.67. The Bertz CT molecular complexity index is 811. The number of rotatable bonds is 3. The Morgan fingerprint density at radius 3 is 2.91 bits per heavy atom.